The molecule has 0 spiro atoms. The molecule has 0 aliphatic rings. The second-order valence-corrected chi connectivity index (χ2v) is 5.99. The summed E-state index contributed by atoms with van der Waals surface area (Å²) < 4.78 is 5.14. The van der Waals surface area contributed by atoms with Gasteiger partial charge in [0.1, 0.15) is 23.1 Å². The minimum atomic E-state index is -0.189. The zero-order valence-electron chi connectivity index (χ0n) is 15.3. The highest BCUT2D eigenvalue weighted by atomic mass is 16.5. The van der Waals surface area contributed by atoms with E-state index in [0.29, 0.717) is 29.9 Å². The van der Waals surface area contributed by atoms with Crippen LogP contribution in [0.25, 0.3) is 0 Å². The van der Waals surface area contributed by atoms with Crippen LogP contribution >= 0.6 is 0 Å². The summed E-state index contributed by atoms with van der Waals surface area (Å²) in [5.74, 6) is 1.90. The number of carbonyl (C=O) groups excluding carboxylic acids is 1. The van der Waals surface area contributed by atoms with Gasteiger partial charge in [-0.05, 0) is 44.4 Å². The van der Waals surface area contributed by atoms with Crippen LogP contribution in [0, 0.1) is 6.92 Å². The average Bonchev–Trinajstić information content (AvgIpc) is 2.61. The van der Waals surface area contributed by atoms with Crippen molar-refractivity contribution >= 4 is 11.7 Å². The molecule has 2 aromatic rings. The van der Waals surface area contributed by atoms with Crippen molar-refractivity contribution in [2.24, 2.45) is 0 Å². The van der Waals surface area contributed by atoms with E-state index in [2.05, 4.69) is 34.4 Å². The molecule has 0 saturated heterocycles. The summed E-state index contributed by atoms with van der Waals surface area (Å²) in [6, 6.07) is 9.81. The summed E-state index contributed by atoms with van der Waals surface area (Å²) in [5.41, 5.74) is 1.52. The third-order valence-electron chi connectivity index (χ3n) is 3.94. The van der Waals surface area contributed by atoms with Crippen LogP contribution in [0.3, 0.4) is 0 Å². The van der Waals surface area contributed by atoms with Crippen molar-refractivity contribution in [1.29, 1.82) is 0 Å². The first-order chi connectivity index (χ1) is 12.0. The van der Waals surface area contributed by atoms with Gasteiger partial charge in [-0.1, -0.05) is 19.1 Å². The molecule has 0 aliphatic carbocycles. The fraction of sp³-hybridized carbons (Fsp3) is 0.421. The van der Waals surface area contributed by atoms with Crippen molar-refractivity contribution in [1.82, 2.24) is 15.3 Å². The van der Waals surface area contributed by atoms with Gasteiger partial charge in [0.2, 0.25) is 0 Å². The van der Waals surface area contributed by atoms with Crippen LogP contribution in [0.15, 0.2) is 30.3 Å². The molecule has 1 amide bonds. The smallest absolute Gasteiger partial charge is 0.270 e. The Hall–Kier alpha value is -2.63. The molecule has 0 bridgehead atoms. The number of methoxy groups -OCH3 is 1. The van der Waals surface area contributed by atoms with Crippen molar-refractivity contribution < 1.29 is 9.53 Å². The summed E-state index contributed by atoms with van der Waals surface area (Å²) in [6.07, 6.45) is 1.73. The van der Waals surface area contributed by atoms with E-state index in [1.54, 1.807) is 20.1 Å². The van der Waals surface area contributed by atoms with E-state index in [9.17, 15) is 4.79 Å². The number of ether oxygens (including phenoxy) is 1. The largest absolute Gasteiger partial charge is 0.497 e. The van der Waals surface area contributed by atoms with Crippen LogP contribution < -0.4 is 15.4 Å². The number of benzene rings is 1. The van der Waals surface area contributed by atoms with Crippen LogP contribution in [0.4, 0.5) is 5.82 Å². The first kappa shape index (κ1) is 18.7. The Kier molecular flexibility index (Phi) is 6.74. The zero-order valence-corrected chi connectivity index (χ0v) is 15.3. The van der Waals surface area contributed by atoms with Crippen LogP contribution in [-0.2, 0) is 6.42 Å². The van der Waals surface area contributed by atoms with E-state index in [1.807, 2.05) is 24.3 Å². The van der Waals surface area contributed by atoms with E-state index in [-0.39, 0.29) is 5.91 Å². The number of aromatic nitrogens is 2. The van der Waals surface area contributed by atoms with E-state index in [0.717, 1.165) is 24.2 Å². The van der Waals surface area contributed by atoms with Crippen molar-refractivity contribution in [3.8, 4) is 5.75 Å². The molecule has 6 heteroatoms. The first-order valence-electron chi connectivity index (χ1n) is 8.55. The summed E-state index contributed by atoms with van der Waals surface area (Å²) in [7, 11) is 1.64. The van der Waals surface area contributed by atoms with E-state index >= 15 is 0 Å². The highest BCUT2D eigenvalue weighted by Crippen LogP contribution is 2.12. The second kappa shape index (κ2) is 9.01. The number of hydrogen-bond acceptors (Lipinski definition) is 5. The lowest BCUT2D eigenvalue weighted by Crippen LogP contribution is -2.27. The van der Waals surface area contributed by atoms with Gasteiger partial charge in [0.05, 0.1) is 7.11 Å². The molecule has 1 heterocycles. The lowest BCUT2D eigenvalue weighted by molar-refractivity contribution is 0.0948. The third-order valence-corrected chi connectivity index (χ3v) is 3.94. The Balaban J connectivity index is 1.93. The minimum absolute atomic E-state index is 0.189. The van der Waals surface area contributed by atoms with Crippen LogP contribution in [0.2, 0.25) is 0 Å². The highest BCUT2D eigenvalue weighted by Gasteiger charge is 2.11. The number of carbonyl (C=O) groups is 1. The van der Waals surface area contributed by atoms with Gasteiger partial charge in [0.25, 0.3) is 5.91 Å². The van der Waals surface area contributed by atoms with Crippen LogP contribution in [-0.4, -0.2) is 35.6 Å². The van der Waals surface area contributed by atoms with Gasteiger partial charge < -0.3 is 15.4 Å². The monoisotopic (exact) mass is 342 g/mol. The average molecular weight is 342 g/mol. The van der Waals surface area contributed by atoms with Gasteiger partial charge >= 0.3 is 0 Å². The maximum atomic E-state index is 12.3. The van der Waals surface area contributed by atoms with Crippen molar-refractivity contribution in [3.05, 3.63) is 47.4 Å². The van der Waals surface area contributed by atoms with E-state index < -0.39 is 0 Å². The Morgan fingerprint density at radius 1 is 1.24 bits per heavy atom. The number of anilines is 1. The third kappa shape index (κ3) is 5.74. The molecular formula is C19H26N4O2. The summed E-state index contributed by atoms with van der Waals surface area (Å²) in [5, 5.41) is 6.19. The lowest BCUT2D eigenvalue weighted by Gasteiger charge is -2.13. The van der Waals surface area contributed by atoms with Gasteiger partial charge in [0.15, 0.2) is 0 Å². The van der Waals surface area contributed by atoms with Crippen molar-refractivity contribution in [2.45, 2.75) is 39.7 Å². The minimum Gasteiger partial charge on any atom is -0.497 e. The normalized spacial score (nSPS) is 11.7. The molecule has 6 nitrogen and oxygen atoms in total. The topological polar surface area (TPSA) is 76.1 Å². The van der Waals surface area contributed by atoms with Crippen molar-refractivity contribution in [2.75, 3.05) is 19.0 Å². The zero-order chi connectivity index (χ0) is 18.2. The molecule has 0 saturated carbocycles. The van der Waals surface area contributed by atoms with E-state index in [4.69, 9.17) is 4.74 Å². The summed E-state index contributed by atoms with van der Waals surface area (Å²) in [6.45, 7) is 6.50. The quantitative estimate of drug-likeness (QED) is 0.771. The summed E-state index contributed by atoms with van der Waals surface area (Å²) >= 11 is 0. The Morgan fingerprint density at radius 3 is 2.60 bits per heavy atom. The predicted octanol–water partition coefficient (Wildman–Crippen LogP) is 2.98. The van der Waals surface area contributed by atoms with Crippen LogP contribution in [0.5, 0.6) is 5.75 Å². The number of amides is 1. The maximum absolute atomic E-state index is 12.3. The van der Waals surface area contributed by atoms with Gasteiger partial charge in [0, 0.05) is 18.7 Å². The molecule has 25 heavy (non-hydrogen) atoms. The lowest BCUT2D eigenvalue weighted by atomic mass is 10.1. The Morgan fingerprint density at radius 2 is 1.96 bits per heavy atom. The Bertz CT molecular complexity index is 701. The first-order valence-corrected chi connectivity index (χ1v) is 8.55. The molecule has 0 fully saturated rings. The molecule has 134 valence electrons. The molecule has 1 aromatic carbocycles. The van der Waals surface area contributed by atoms with Crippen molar-refractivity contribution in [3.63, 3.8) is 0 Å². The van der Waals surface area contributed by atoms with Gasteiger partial charge in [-0.25, -0.2) is 9.97 Å². The van der Waals surface area contributed by atoms with E-state index in [1.165, 1.54) is 0 Å². The van der Waals surface area contributed by atoms with Gasteiger partial charge in [-0.15, -0.1) is 0 Å². The number of nitrogens with one attached hydrogen (secondary N) is 2. The highest BCUT2D eigenvalue weighted by molar-refractivity contribution is 5.92. The number of hydrogen-bond donors (Lipinski definition) is 2. The maximum Gasteiger partial charge on any atom is 0.270 e. The molecule has 2 rings (SSSR count). The molecule has 1 aromatic heterocycles. The summed E-state index contributed by atoms with van der Waals surface area (Å²) in [4.78, 5) is 20.9. The second-order valence-electron chi connectivity index (χ2n) is 5.99. The fourth-order valence-electron chi connectivity index (χ4n) is 2.32. The Labute approximate surface area is 149 Å². The molecule has 1 unspecified atom stereocenters. The molecule has 0 aliphatic heterocycles. The molecule has 1 atom stereocenters. The SMILES string of the molecule is CCC(C)Nc1cc(C(=O)NCCc2ccc(OC)cc2)nc(C)n1. The van der Waals surface area contributed by atoms with Crippen LogP contribution in [0.1, 0.15) is 42.1 Å². The standard InChI is InChI=1S/C19H26N4O2/c1-5-13(2)21-18-12-17(22-14(3)23-18)19(24)20-11-10-15-6-8-16(25-4)9-7-15/h6-9,12-13H,5,10-11H2,1-4H3,(H,20,24)(H,21,22,23). The molecule has 2 N–H and O–H groups in total. The number of nitrogens with zero attached hydrogens (tertiary/aromatic N) is 2. The molecule has 0 radical (unpaired) electrons. The number of aryl methyl sites for hydroxylation is 1. The molecular weight excluding hydrogens is 316 g/mol. The number of rotatable bonds is 8. The predicted molar refractivity (Wildman–Crippen MR) is 99.2 cm³/mol. The fourth-order valence-corrected chi connectivity index (χ4v) is 2.32. The van der Waals surface area contributed by atoms with Gasteiger partial charge in [-0.3, -0.25) is 4.79 Å². The van der Waals surface area contributed by atoms with Gasteiger partial charge in [-0.2, -0.15) is 0 Å².